The number of hydrogen-bond donors (Lipinski definition) is 2. The van der Waals surface area contributed by atoms with E-state index < -0.39 is 0 Å². The predicted molar refractivity (Wildman–Crippen MR) is 71.6 cm³/mol. The molecule has 0 amide bonds. The molecule has 0 aliphatic carbocycles. The molecule has 1 saturated heterocycles. The van der Waals surface area contributed by atoms with Gasteiger partial charge in [-0.2, -0.15) is 0 Å². The fourth-order valence-corrected chi connectivity index (χ4v) is 2.44. The third kappa shape index (κ3) is 2.05. The maximum atomic E-state index is 9.52. The molecule has 1 fully saturated rings. The van der Waals surface area contributed by atoms with Crippen LogP contribution in [0.15, 0.2) is 30.3 Å². The van der Waals surface area contributed by atoms with E-state index in [-0.39, 0.29) is 5.75 Å². The van der Waals surface area contributed by atoms with E-state index in [1.807, 2.05) is 6.07 Å². The lowest BCUT2D eigenvalue weighted by molar-refractivity contribution is 0.199. The van der Waals surface area contributed by atoms with Crippen molar-refractivity contribution in [1.29, 1.82) is 0 Å². The Labute approximate surface area is 106 Å². The highest BCUT2D eigenvalue weighted by atomic mass is 16.3. The summed E-state index contributed by atoms with van der Waals surface area (Å²) in [6, 6.07) is 9.76. The van der Waals surface area contributed by atoms with Crippen LogP contribution in [0.1, 0.15) is 11.7 Å². The van der Waals surface area contributed by atoms with Gasteiger partial charge >= 0.3 is 0 Å². The minimum Gasteiger partial charge on any atom is -0.508 e. The molecule has 4 nitrogen and oxygen atoms in total. The van der Waals surface area contributed by atoms with Crippen molar-refractivity contribution in [2.45, 2.75) is 6.04 Å². The Morgan fingerprint density at radius 3 is 3.00 bits per heavy atom. The van der Waals surface area contributed by atoms with E-state index in [1.54, 1.807) is 12.1 Å². The zero-order valence-corrected chi connectivity index (χ0v) is 10.4. The molecule has 2 aromatic rings. The largest absolute Gasteiger partial charge is 0.508 e. The van der Waals surface area contributed by atoms with Crippen LogP contribution >= 0.6 is 0 Å². The number of hydrogen-bond acceptors (Lipinski definition) is 4. The topological polar surface area (TPSA) is 48.4 Å². The van der Waals surface area contributed by atoms with Crippen LogP contribution in [0, 0.1) is 0 Å². The summed E-state index contributed by atoms with van der Waals surface area (Å²) < 4.78 is 0. The second-order valence-corrected chi connectivity index (χ2v) is 4.81. The van der Waals surface area contributed by atoms with Crippen molar-refractivity contribution in [1.82, 2.24) is 15.2 Å². The van der Waals surface area contributed by atoms with Gasteiger partial charge in [0, 0.05) is 31.1 Å². The van der Waals surface area contributed by atoms with Crippen molar-refractivity contribution in [2.24, 2.45) is 0 Å². The number of phenols is 1. The van der Waals surface area contributed by atoms with Gasteiger partial charge in [-0.25, -0.2) is 0 Å². The average molecular weight is 243 g/mol. The maximum Gasteiger partial charge on any atom is 0.117 e. The molecule has 94 valence electrons. The van der Waals surface area contributed by atoms with Crippen LogP contribution in [0.25, 0.3) is 10.9 Å². The summed E-state index contributed by atoms with van der Waals surface area (Å²) in [5.74, 6) is 0.266. The highest BCUT2D eigenvalue weighted by Gasteiger charge is 2.21. The SMILES string of the molecule is CN1CCNCC1c1ccc2ccc(O)cc2n1. The van der Waals surface area contributed by atoms with Crippen LogP contribution in [0.5, 0.6) is 5.75 Å². The number of nitrogens with one attached hydrogen (secondary N) is 1. The van der Waals surface area contributed by atoms with Crippen molar-refractivity contribution >= 4 is 10.9 Å². The first-order chi connectivity index (χ1) is 8.74. The van der Waals surface area contributed by atoms with Crippen molar-refractivity contribution in [3.63, 3.8) is 0 Å². The number of phenolic OH excluding ortho intramolecular Hbond substituents is 1. The molecule has 0 saturated carbocycles. The summed E-state index contributed by atoms with van der Waals surface area (Å²) in [6.07, 6.45) is 0. The quantitative estimate of drug-likeness (QED) is 0.797. The third-order valence-electron chi connectivity index (χ3n) is 3.55. The van der Waals surface area contributed by atoms with Crippen molar-refractivity contribution in [3.05, 3.63) is 36.0 Å². The molecule has 1 aromatic carbocycles. The minimum absolute atomic E-state index is 0.266. The Morgan fingerprint density at radius 1 is 1.33 bits per heavy atom. The van der Waals surface area contributed by atoms with E-state index >= 15 is 0 Å². The fourth-order valence-electron chi connectivity index (χ4n) is 2.44. The lowest BCUT2D eigenvalue weighted by Crippen LogP contribution is -2.44. The zero-order valence-electron chi connectivity index (χ0n) is 10.4. The second kappa shape index (κ2) is 4.55. The van der Waals surface area contributed by atoms with Crippen molar-refractivity contribution < 1.29 is 5.11 Å². The van der Waals surface area contributed by atoms with Crippen LogP contribution < -0.4 is 5.32 Å². The standard InChI is InChI=1S/C14H17N3O/c1-17-7-6-15-9-14(17)12-5-3-10-2-4-11(18)8-13(10)16-12/h2-5,8,14-15,18H,6-7,9H2,1H3. The molecule has 1 aromatic heterocycles. The van der Waals surface area contributed by atoms with E-state index in [1.165, 1.54) is 0 Å². The first-order valence-corrected chi connectivity index (χ1v) is 6.25. The van der Waals surface area contributed by atoms with Gasteiger partial charge in [0.1, 0.15) is 5.75 Å². The molecule has 1 atom stereocenters. The molecule has 1 unspecified atom stereocenters. The molecule has 2 heterocycles. The van der Waals surface area contributed by atoms with E-state index in [0.717, 1.165) is 36.2 Å². The molecule has 1 aliphatic rings. The summed E-state index contributed by atoms with van der Waals surface area (Å²) in [5, 5.41) is 14.0. The van der Waals surface area contributed by atoms with Crippen LogP contribution in [0.3, 0.4) is 0 Å². The van der Waals surface area contributed by atoms with Gasteiger partial charge in [-0.1, -0.05) is 6.07 Å². The number of benzene rings is 1. The Morgan fingerprint density at radius 2 is 2.17 bits per heavy atom. The maximum absolute atomic E-state index is 9.52. The Kier molecular flexibility index (Phi) is 2.89. The number of nitrogens with zero attached hydrogens (tertiary/aromatic N) is 2. The summed E-state index contributed by atoms with van der Waals surface area (Å²) in [6.45, 7) is 2.99. The van der Waals surface area contributed by atoms with Gasteiger partial charge in [-0.05, 0) is 25.2 Å². The highest BCUT2D eigenvalue weighted by molar-refractivity contribution is 5.80. The zero-order chi connectivity index (χ0) is 12.5. The monoisotopic (exact) mass is 243 g/mol. The molecule has 4 heteroatoms. The van der Waals surface area contributed by atoms with Gasteiger partial charge in [-0.15, -0.1) is 0 Å². The summed E-state index contributed by atoms with van der Waals surface area (Å²) in [5.41, 5.74) is 1.91. The van der Waals surface area contributed by atoms with E-state index in [2.05, 4.69) is 34.4 Å². The predicted octanol–water partition coefficient (Wildman–Crippen LogP) is 1.52. The summed E-state index contributed by atoms with van der Waals surface area (Å²) >= 11 is 0. The first-order valence-electron chi connectivity index (χ1n) is 6.25. The molecule has 0 spiro atoms. The number of likely N-dealkylation sites (N-methyl/N-ethyl adjacent to an activating group) is 1. The summed E-state index contributed by atoms with van der Waals surface area (Å²) in [4.78, 5) is 6.98. The average Bonchev–Trinajstić information content (AvgIpc) is 2.38. The lowest BCUT2D eigenvalue weighted by Gasteiger charge is -2.32. The smallest absolute Gasteiger partial charge is 0.117 e. The van der Waals surface area contributed by atoms with Crippen molar-refractivity contribution in [3.8, 4) is 5.75 Å². The fraction of sp³-hybridized carbons (Fsp3) is 0.357. The van der Waals surface area contributed by atoms with Crippen LogP contribution in [0.2, 0.25) is 0 Å². The molecule has 2 N–H and O–H groups in total. The van der Waals surface area contributed by atoms with Gasteiger partial charge in [-0.3, -0.25) is 9.88 Å². The van der Waals surface area contributed by atoms with Gasteiger partial charge in [0.2, 0.25) is 0 Å². The molecule has 0 radical (unpaired) electrons. The van der Waals surface area contributed by atoms with E-state index in [4.69, 9.17) is 0 Å². The number of rotatable bonds is 1. The third-order valence-corrected chi connectivity index (χ3v) is 3.55. The summed E-state index contributed by atoms with van der Waals surface area (Å²) in [7, 11) is 2.12. The number of piperazine rings is 1. The number of pyridine rings is 1. The second-order valence-electron chi connectivity index (χ2n) is 4.81. The van der Waals surface area contributed by atoms with Gasteiger partial charge in [0.15, 0.2) is 0 Å². The minimum atomic E-state index is 0.266. The Hall–Kier alpha value is -1.65. The van der Waals surface area contributed by atoms with E-state index in [9.17, 15) is 5.11 Å². The normalized spacial score (nSPS) is 21.3. The number of aromatic nitrogens is 1. The van der Waals surface area contributed by atoms with E-state index in [0.29, 0.717) is 6.04 Å². The number of fused-ring (bicyclic) bond motifs is 1. The van der Waals surface area contributed by atoms with Crippen molar-refractivity contribution in [2.75, 3.05) is 26.7 Å². The molecular formula is C14H17N3O. The Balaban J connectivity index is 2.01. The molecule has 18 heavy (non-hydrogen) atoms. The van der Waals surface area contributed by atoms with Gasteiger partial charge in [0.25, 0.3) is 0 Å². The van der Waals surface area contributed by atoms with Crippen LogP contribution in [-0.4, -0.2) is 41.7 Å². The molecule has 1 aliphatic heterocycles. The van der Waals surface area contributed by atoms with Gasteiger partial charge in [0.05, 0.1) is 17.3 Å². The number of aromatic hydroxyl groups is 1. The van der Waals surface area contributed by atoms with Crippen LogP contribution in [0.4, 0.5) is 0 Å². The first kappa shape index (κ1) is 11.4. The molecular weight excluding hydrogens is 226 g/mol. The van der Waals surface area contributed by atoms with Crippen LogP contribution in [-0.2, 0) is 0 Å². The molecule has 0 bridgehead atoms. The van der Waals surface area contributed by atoms with Gasteiger partial charge < -0.3 is 10.4 Å². The lowest BCUT2D eigenvalue weighted by atomic mass is 10.1. The highest BCUT2D eigenvalue weighted by Crippen LogP contribution is 2.23. The Bertz CT molecular complexity index is 570. The molecule has 3 rings (SSSR count).